The zero-order chi connectivity index (χ0) is 24.6. The minimum atomic E-state index is -0.00687. The van der Waals surface area contributed by atoms with Gasteiger partial charge >= 0.3 is 0 Å². The number of nitrogens with zero attached hydrogens (tertiary/aromatic N) is 5. The molecule has 2 aromatic rings. The highest BCUT2D eigenvalue weighted by atomic mass is 16.5. The summed E-state index contributed by atoms with van der Waals surface area (Å²) >= 11 is 0. The molecule has 0 spiro atoms. The Morgan fingerprint density at radius 3 is 2.54 bits per heavy atom. The fraction of sp³-hybridized carbons (Fsp3) is 0.538. The fourth-order valence-electron chi connectivity index (χ4n) is 4.58. The van der Waals surface area contributed by atoms with Gasteiger partial charge in [0, 0.05) is 51.3 Å². The third-order valence-electron chi connectivity index (χ3n) is 6.64. The van der Waals surface area contributed by atoms with Crippen LogP contribution in [-0.2, 0) is 14.3 Å². The van der Waals surface area contributed by atoms with Gasteiger partial charge in [-0.15, -0.1) is 10.2 Å². The van der Waals surface area contributed by atoms with E-state index in [-0.39, 0.29) is 24.5 Å². The molecule has 2 fully saturated rings. The normalized spacial score (nSPS) is 18.3. The molecule has 0 radical (unpaired) electrons. The second-order valence-electron chi connectivity index (χ2n) is 8.99. The summed E-state index contributed by atoms with van der Waals surface area (Å²) in [4.78, 5) is 31.2. The zero-order valence-electron chi connectivity index (χ0n) is 20.7. The van der Waals surface area contributed by atoms with Gasteiger partial charge in [-0.3, -0.25) is 9.59 Å². The lowest BCUT2D eigenvalue weighted by molar-refractivity contribution is -0.141. The molecule has 35 heavy (non-hydrogen) atoms. The van der Waals surface area contributed by atoms with Gasteiger partial charge in [0.15, 0.2) is 5.82 Å². The number of ether oxygens (including phenoxy) is 2. The van der Waals surface area contributed by atoms with Gasteiger partial charge in [0.25, 0.3) is 0 Å². The average Bonchev–Trinajstić information content (AvgIpc) is 3.29. The topological polar surface area (TPSA) is 88.1 Å². The molecule has 4 rings (SSSR count). The van der Waals surface area contributed by atoms with E-state index in [0.29, 0.717) is 32.6 Å². The van der Waals surface area contributed by atoms with Crippen molar-refractivity contribution in [3.8, 4) is 17.0 Å². The van der Waals surface area contributed by atoms with Crippen molar-refractivity contribution in [3.05, 3.63) is 36.4 Å². The minimum absolute atomic E-state index is 0.00229. The molecule has 2 aliphatic heterocycles. The molecule has 2 saturated heterocycles. The van der Waals surface area contributed by atoms with Gasteiger partial charge < -0.3 is 24.2 Å². The molecular formula is C26H35N5O4. The summed E-state index contributed by atoms with van der Waals surface area (Å²) in [6.07, 6.45) is 3.22. The molecule has 1 unspecified atom stereocenters. The van der Waals surface area contributed by atoms with Crippen LogP contribution in [0.15, 0.2) is 36.4 Å². The van der Waals surface area contributed by atoms with Crippen molar-refractivity contribution >= 4 is 17.6 Å². The number of benzene rings is 1. The fourth-order valence-corrected chi connectivity index (χ4v) is 4.58. The summed E-state index contributed by atoms with van der Waals surface area (Å²) < 4.78 is 10.9. The third kappa shape index (κ3) is 6.48. The standard InChI is InChI=1S/C26H35N5O4/c1-3-25(32)31(18-22-6-4-17-35-22)19-26(33)30-14-5-13-29(15-16-30)24-12-11-23(27-28-24)20-7-9-21(34-2)10-8-20/h7-12,22H,3-6,13-19H2,1-2H3. The van der Waals surface area contributed by atoms with Gasteiger partial charge in [-0.1, -0.05) is 6.92 Å². The number of carbonyl (C=O) groups is 2. The first kappa shape index (κ1) is 24.9. The molecule has 0 N–H and O–H groups in total. The number of hydrogen-bond acceptors (Lipinski definition) is 7. The molecule has 9 heteroatoms. The number of anilines is 1. The predicted octanol–water partition coefficient (Wildman–Crippen LogP) is 2.61. The van der Waals surface area contributed by atoms with Gasteiger partial charge in [-0.2, -0.15) is 0 Å². The van der Waals surface area contributed by atoms with Gasteiger partial charge in [0.1, 0.15) is 5.75 Å². The first-order valence-electron chi connectivity index (χ1n) is 12.5. The molecule has 0 saturated carbocycles. The number of rotatable bonds is 8. The van der Waals surface area contributed by atoms with E-state index in [1.54, 1.807) is 12.0 Å². The average molecular weight is 482 g/mol. The maximum absolute atomic E-state index is 13.1. The lowest BCUT2D eigenvalue weighted by atomic mass is 10.1. The number of aromatic nitrogens is 2. The molecule has 1 aromatic carbocycles. The van der Waals surface area contributed by atoms with E-state index in [1.807, 2.05) is 48.2 Å². The Balaban J connectivity index is 1.33. The van der Waals surface area contributed by atoms with Crippen LogP contribution in [0.4, 0.5) is 5.82 Å². The van der Waals surface area contributed by atoms with E-state index in [4.69, 9.17) is 9.47 Å². The van der Waals surface area contributed by atoms with Crippen LogP contribution in [0.1, 0.15) is 32.6 Å². The van der Waals surface area contributed by atoms with E-state index in [1.165, 1.54) is 0 Å². The Labute approximate surface area is 207 Å². The number of hydrogen-bond donors (Lipinski definition) is 0. The monoisotopic (exact) mass is 481 g/mol. The largest absolute Gasteiger partial charge is 0.497 e. The van der Waals surface area contributed by atoms with Crippen molar-refractivity contribution in [2.45, 2.75) is 38.7 Å². The Hall–Kier alpha value is -3.20. The maximum Gasteiger partial charge on any atom is 0.242 e. The van der Waals surface area contributed by atoms with Crippen molar-refractivity contribution in [2.75, 3.05) is 57.9 Å². The van der Waals surface area contributed by atoms with Crippen LogP contribution >= 0.6 is 0 Å². The highest BCUT2D eigenvalue weighted by Gasteiger charge is 2.26. The van der Waals surface area contributed by atoms with Crippen LogP contribution in [0, 0.1) is 0 Å². The number of carbonyl (C=O) groups excluding carboxylic acids is 2. The molecule has 1 atom stereocenters. The van der Waals surface area contributed by atoms with Crippen LogP contribution < -0.4 is 9.64 Å². The lowest BCUT2D eigenvalue weighted by Gasteiger charge is -2.28. The quantitative estimate of drug-likeness (QED) is 0.573. The molecule has 0 aliphatic carbocycles. The minimum Gasteiger partial charge on any atom is -0.497 e. The molecule has 9 nitrogen and oxygen atoms in total. The zero-order valence-corrected chi connectivity index (χ0v) is 20.7. The first-order chi connectivity index (χ1) is 17.1. The Morgan fingerprint density at radius 1 is 1.06 bits per heavy atom. The Morgan fingerprint density at radius 2 is 1.89 bits per heavy atom. The van der Waals surface area contributed by atoms with Crippen LogP contribution in [0.25, 0.3) is 11.3 Å². The SMILES string of the molecule is CCC(=O)N(CC(=O)N1CCCN(c2ccc(-c3ccc(OC)cc3)nn2)CC1)CC1CCCO1. The molecule has 188 valence electrons. The van der Waals surface area contributed by atoms with E-state index in [9.17, 15) is 9.59 Å². The van der Waals surface area contributed by atoms with Crippen molar-refractivity contribution in [1.82, 2.24) is 20.0 Å². The van der Waals surface area contributed by atoms with E-state index >= 15 is 0 Å². The van der Waals surface area contributed by atoms with Crippen LogP contribution in [-0.4, -0.2) is 90.9 Å². The predicted molar refractivity (Wildman–Crippen MR) is 133 cm³/mol. The van der Waals surface area contributed by atoms with Crippen molar-refractivity contribution < 1.29 is 19.1 Å². The van der Waals surface area contributed by atoms with E-state index in [2.05, 4.69) is 15.1 Å². The van der Waals surface area contributed by atoms with Gasteiger partial charge in [0.05, 0.1) is 25.5 Å². The highest BCUT2D eigenvalue weighted by molar-refractivity contribution is 5.84. The summed E-state index contributed by atoms with van der Waals surface area (Å²) in [5.74, 6) is 1.60. The van der Waals surface area contributed by atoms with Crippen LogP contribution in [0.5, 0.6) is 5.75 Å². The lowest BCUT2D eigenvalue weighted by Crippen LogP contribution is -2.46. The summed E-state index contributed by atoms with van der Waals surface area (Å²) in [5, 5.41) is 8.86. The van der Waals surface area contributed by atoms with Crippen molar-refractivity contribution in [3.63, 3.8) is 0 Å². The highest BCUT2D eigenvalue weighted by Crippen LogP contribution is 2.22. The summed E-state index contributed by atoms with van der Waals surface area (Å²) in [7, 11) is 1.64. The maximum atomic E-state index is 13.1. The molecule has 2 aliphatic rings. The first-order valence-corrected chi connectivity index (χ1v) is 12.5. The van der Waals surface area contributed by atoms with Gasteiger partial charge in [0.2, 0.25) is 11.8 Å². The second-order valence-corrected chi connectivity index (χ2v) is 8.99. The second kappa shape index (κ2) is 12.0. The molecule has 2 amide bonds. The number of amides is 2. The van der Waals surface area contributed by atoms with Gasteiger partial charge in [-0.05, 0) is 55.7 Å². The van der Waals surface area contributed by atoms with E-state index < -0.39 is 0 Å². The summed E-state index contributed by atoms with van der Waals surface area (Å²) in [5.41, 5.74) is 1.78. The Kier molecular flexibility index (Phi) is 8.52. The smallest absolute Gasteiger partial charge is 0.242 e. The summed E-state index contributed by atoms with van der Waals surface area (Å²) in [6, 6.07) is 11.7. The number of methoxy groups -OCH3 is 1. The molecule has 1 aromatic heterocycles. The summed E-state index contributed by atoms with van der Waals surface area (Å²) in [6.45, 7) is 5.91. The van der Waals surface area contributed by atoms with Crippen molar-refractivity contribution in [2.24, 2.45) is 0 Å². The van der Waals surface area contributed by atoms with E-state index in [0.717, 1.165) is 55.2 Å². The third-order valence-corrected chi connectivity index (χ3v) is 6.64. The Bertz CT molecular complexity index is 976. The van der Waals surface area contributed by atoms with Gasteiger partial charge in [-0.25, -0.2) is 0 Å². The molecule has 3 heterocycles. The van der Waals surface area contributed by atoms with Crippen LogP contribution in [0.2, 0.25) is 0 Å². The molecule has 0 bridgehead atoms. The molecular weight excluding hydrogens is 446 g/mol. The van der Waals surface area contributed by atoms with Crippen molar-refractivity contribution in [1.29, 1.82) is 0 Å². The van der Waals surface area contributed by atoms with Crippen LogP contribution in [0.3, 0.4) is 0 Å².